The van der Waals surface area contributed by atoms with Crippen LogP contribution in [0.5, 0.6) is 11.5 Å². The molecule has 186 valence electrons. The van der Waals surface area contributed by atoms with Gasteiger partial charge in [0.25, 0.3) is 11.2 Å². The Morgan fingerprint density at radius 2 is 1.92 bits per heavy atom. The van der Waals surface area contributed by atoms with Crippen molar-refractivity contribution in [2.75, 3.05) is 13.7 Å². The van der Waals surface area contributed by atoms with Gasteiger partial charge in [0.1, 0.15) is 6.10 Å². The van der Waals surface area contributed by atoms with Crippen molar-refractivity contribution in [1.29, 1.82) is 0 Å². The van der Waals surface area contributed by atoms with Gasteiger partial charge in [0.15, 0.2) is 11.5 Å². The molecule has 36 heavy (non-hydrogen) atoms. The second-order valence-electron chi connectivity index (χ2n) is 8.72. The Kier molecular flexibility index (Phi) is 5.44. The van der Waals surface area contributed by atoms with Crippen molar-refractivity contribution in [3.8, 4) is 22.8 Å². The number of benzene rings is 2. The number of nitrogens with zero attached hydrogens (tertiary/aromatic N) is 4. The van der Waals surface area contributed by atoms with Crippen molar-refractivity contribution in [1.82, 2.24) is 13.7 Å². The molecule has 11 nitrogen and oxygen atoms in total. The number of hydrogen-bond acceptors (Lipinski definition) is 7. The Balaban J connectivity index is 1.94. The van der Waals surface area contributed by atoms with Crippen LogP contribution in [0.25, 0.3) is 22.2 Å². The molecular weight excluding hydrogens is 468 g/mol. The van der Waals surface area contributed by atoms with Crippen LogP contribution in [0.3, 0.4) is 0 Å². The molecule has 0 bridgehead atoms. The lowest BCUT2D eigenvalue weighted by Gasteiger charge is -2.28. The minimum atomic E-state index is -0.830. The summed E-state index contributed by atoms with van der Waals surface area (Å²) in [5.74, 6) is 0.137. The molecule has 1 aliphatic rings. The number of aromatic hydroxyl groups is 1. The number of methoxy groups -OCH3 is 1. The lowest BCUT2D eigenvalue weighted by atomic mass is 10.0. The predicted molar refractivity (Wildman–Crippen MR) is 132 cm³/mol. The number of nitro groups is 1. The number of aromatic nitrogens is 3. The average molecular weight is 492 g/mol. The van der Waals surface area contributed by atoms with Crippen LogP contribution in [-0.4, -0.2) is 37.4 Å². The highest BCUT2D eigenvalue weighted by atomic mass is 16.6. The van der Waals surface area contributed by atoms with Crippen LogP contribution in [0.15, 0.2) is 46.0 Å². The summed E-state index contributed by atoms with van der Waals surface area (Å²) in [6.07, 6.45) is -0.830. The fourth-order valence-electron chi connectivity index (χ4n) is 4.99. The van der Waals surface area contributed by atoms with E-state index in [9.17, 15) is 24.8 Å². The van der Waals surface area contributed by atoms with Gasteiger partial charge < -0.3 is 19.1 Å². The Bertz CT molecular complexity index is 1680. The van der Waals surface area contributed by atoms with Gasteiger partial charge in [-0.25, -0.2) is 4.79 Å². The minimum Gasteiger partial charge on any atom is -0.504 e. The van der Waals surface area contributed by atoms with E-state index in [0.717, 1.165) is 4.57 Å². The molecule has 0 fully saturated rings. The van der Waals surface area contributed by atoms with Crippen LogP contribution < -0.4 is 16.0 Å². The van der Waals surface area contributed by atoms with Gasteiger partial charge in [0.05, 0.1) is 40.9 Å². The SMILES string of the molecule is COc1cccc([C@H]2OCCn3c(-c4ccc(C)c([N+](=O)[O-])c4)c4c(=O)n(C)c(=O)n(C)c4c32)c1O. The number of phenols is 1. The molecule has 2 aromatic carbocycles. The Labute approximate surface area is 204 Å². The first kappa shape index (κ1) is 23.4. The van der Waals surface area contributed by atoms with E-state index in [2.05, 4.69) is 0 Å². The highest BCUT2D eigenvalue weighted by Gasteiger charge is 2.35. The molecule has 0 saturated heterocycles. The zero-order chi connectivity index (χ0) is 25.9. The highest BCUT2D eigenvalue weighted by molar-refractivity contribution is 5.97. The van der Waals surface area contributed by atoms with Gasteiger partial charge in [-0.2, -0.15) is 0 Å². The number of hydrogen-bond donors (Lipinski definition) is 1. The number of phenolic OH excluding ortho intramolecular Hbond substituents is 1. The van der Waals surface area contributed by atoms with E-state index >= 15 is 0 Å². The molecule has 3 heterocycles. The van der Waals surface area contributed by atoms with Gasteiger partial charge in [-0.15, -0.1) is 0 Å². The molecule has 11 heteroatoms. The number of rotatable bonds is 4. The summed E-state index contributed by atoms with van der Waals surface area (Å²) in [4.78, 5) is 37.7. The molecule has 1 atom stereocenters. The lowest BCUT2D eigenvalue weighted by molar-refractivity contribution is -0.385. The summed E-state index contributed by atoms with van der Waals surface area (Å²) in [6.45, 7) is 2.22. The maximum atomic E-state index is 13.5. The van der Waals surface area contributed by atoms with Crippen molar-refractivity contribution in [2.45, 2.75) is 19.6 Å². The van der Waals surface area contributed by atoms with E-state index in [-0.39, 0.29) is 29.2 Å². The minimum absolute atomic E-state index is 0.0770. The maximum absolute atomic E-state index is 13.5. The molecule has 0 amide bonds. The van der Waals surface area contributed by atoms with Crippen LogP contribution in [0, 0.1) is 17.0 Å². The summed E-state index contributed by atoms with van der Waals surface area (Å²) in [7, 11) is 4.39. The maximum Gasteiger partial charge on any atom is 0.331 e. The normalized spacial score (nSPS) is 15.2. The summed E-state index contributed by atoms with van der Waals surface area (Å²) in [6, 6.07) is 9.81. The molecule has 2 aromatic heterocycles. The number of ether oxygens (including phenoxy) is 2. The molecule has 0 aliphatic carbocycles. The molecule has 0 saturated carbocycles. The fraction of sp³-hybridized carbons (Fsp3) is 0.280. The number of para-hydroxylation sites is 1. The smallest absolute Gasteiger partial charge is 0.331 e. The Morgan fingerprint density at radius 3 is 2.61 bits per heavy atom. The van der Waals surface area contributed by atoms with Crippen molar-refractivity contribution in [3.05, 3.63) is 84.2 Å². The van der Waals surface area contributed by atoms with Crippen LogP contribution >= 0.6 is 0 Å². The van der Waals surface area contributed by atoms with Crippen LogP contribution in [0.4, 0.5) is 5.69 Å². The third-order valence-corrected chi connectivity index (χ3v) is 6.76. The van der Waals surface area contributed by atoms with E-state index in [0.29, 0.717) is 40.1 Å². The zero-order valence-corrected chi connectivity index (χ0v) is 20.1. The first-order valence-corrected chi connectivity index (χ1v) is 11.2. The summed E-state index contributed by atoms with van der Waals surface area (Å²) < 4.78 is 15.6. The average Bonchev–Trinajstić information content (AvgIpc) is 3.22. The largest absolute Gasteiger partial charge is 0.504 e. The first-order valence-electron chi connectivity index (χ1n) is 11.2. The lowest BCUT2D eigenvalue weighted by Crippen LogP contribution is -2.37. The molecule has 4 aromatic rings. The van der Waals surface area contributed by atoms with Crippen molar-refractivity contribution < 1.29 is 19.5 Å². The Morgan fingerprint density at radius 1 is 1.17 bits per heavy atom. The molecule has 0 spiro atoms. The van der Waals surface area contributed by atoms with Gasteiger partial charge in [-0.3, -0.25) is 24.0 Å². The van der Waals surface area contributed by atoms with Crippen molar-refractivity contribution >= 4 is 16.6 Å². The number of nitro benzene ring substituents is 1. The van der Waals surface area contributed by atoms with Crippen molar-refractivity contribution in [2.24, 2.45) is 14.1 Å². The standard InChI is InChI=1S/C25H24N4O7/c1-13-8-9-14(12-16(13)29(33)34)19-18-20(26(2)25(32)27(3)24(18)31)21-23(36-11-10-28(19)21)15-6-5-7-17(35-4)22(15)30/h5-9,12,23,30H,10-11H2,1-4H3/t23-/m1/s1. The van der Waals surface area contributed by atoms with Gasteiger partial charge in [-0.05, 0) is 13.0 Å². The molecule has 1 aliphatic heterocycles. The molecule has 0 radical (unpaired) electrons. The van der Waals surface area contributed by atoms with Gasteiger partial charge >= 0.3 is 5.69 Å². The zero-order valence-electron chi connectivity index (χ0n) is 20.1. The van der Waals surface area contributed by atoms with Crippen molar-refractivity contribution in [3.63, 3.8) is 0 Å². The third-order valence-electron chi connectivity index (χ3n) is 6.76. The second-order valence-corrected chi connectivity index (χ2v) is 8.72. The fourth-order valence-corrected chi connectivity index (χ4v) is 4.99. The van der Waals surface area contributed by atoms with E-state index in [1.807, 2.05) is 4.57 Å². The second kappa shape index (κ2) is 8.38. The van der Waals surface area contributed by atoms with Gasteiger partial charge in [0, 0.05) is 43.4 Å². The number of aryl methyl sites for hydroxylation is 2. The first-order chi connectivity index (χ1) is 17.2. The quantitative estimate of drug-likeness (QED) is 0.342. The van der Waals surface area contributed by atoms with E-state index < -0.39 is 22.3 Å². The van der Waals surface area contributed by atoms with Crippen LogP contribution in [0.1, 0.15) is 22.9 Å². The molecule has 1 N–H and O–H groups in total. The summed E-state index contributed by atoms with van der Waals surface area (Å²) in [5, 5.41) is 22.8. The Hall–Kier alpha value is -4.38. The van der Waals surface area contributed by atoms with Gasteiger partial charge in [-0.1, -0.05) is 24.3 Å². The summed E-state index contributed by atoms with van der Waals surface area (Å²) in [5.41, 5.74) is 1.52. The van der Waals surface area contributed by atoms with E-state index in [1.54, 1.807) is 44.3 Å². The van der Waals surface area contributed by atoms with E-state index in [1.165, 1.54) is 24.8 Å². The number of fused-ring (bicyclic) bond motifs is 3. The van der Waals surface area contributed by atoms with E-state index in [4.69, 9.17) is 9.47 Å². The van der Waals surface area contributed by atoms with Crippen LogP contribution in [0.2, 0.25) is 0 Å². The monoisotopic (exact) mass is 492 g/mol. The molecule has 0 unspecified atom stereocenters. The van der Waals surface area contributed by atoms with Gasteiger partial charge in [0.2, 0.25) is 0 Å². The predicted octanol–water partition coefficient (Wildman–Crippen LogP) is 2.76. The molecular formula is C25H24N4O7. The third kappa shape index (κ3) is 3.23. The summed E-state index contributed by atoms with van der Waals surface area (Å²) >= 11 is 0. The highest BCUT2D eigenvalue weighted by Crippen LogP contribution is 2.45. The van der Waals surface area contributed by atoms with Crippen LogP contribution in [-0.2, 0) is 25.4 Å². The topological polar surface area (TPSA) is 131 Å². The molecule has 5 rings (SSSR count).